The van der Waals surface area contributed by atoms with Crippen LogP contribution in [0.5, 0.6) is 5.75 Å². The number of rotatable bonds is 4. The summed E-state index contributed by atoms with van der Waals surface area (Å²) < 4.78 is 58.8. The zero-order chi connectivity index (χ0) is 26.5. The van der Waals surface area contributed by atoms with E-state index in [2.05, 4.69) is 0 Å². The molecule has 5 rings (SSSR count). The molecular weight excluding hydrogens is 534 g/mol. The average Bonchev–Trinajstić information content (AvgIpc) is 2.85. The molecule has 0 aliphatic heterocycles. The van der Waals surface area contributed by atoms with E-state index in [0.717, 1.165) is 24.3 Å². The minimum Gasteiger partial charge on any atom is -0.505 e. The fraction of sp³-hybridized carbons (Fsp3) is 0.0769. The van der Waals surface area contributed by atoms with E-state index >= 15 is 0 Å². The first-order valence-corrected chi connectivity index (χ1v) is 11.8. The molecule has 0 amide bonds. The number of alkyl halides is 3. The first-order chi connectivity index (χ1) is 17.5. The summed E-state index contributed by atoms with van der Waals surface area (Å²) in [6.45, 7) is -0.00809. The van der Waals surface area contributed by atoms with Crippen molar-refractivity contribution in [3.8, 4) is 5.75 Å². The zero-order valence-electron chi connectivity index (χ0n) is 18.5. The molecule has 5 nitrogen and oxygen atoms in total. The third kappa shape index (κ3) is 4.70. The number of aromatic nitrogens is 1. The second kappa shape index (κ2) is 9.28. The maximum atomic E-state index is 13.6. The topological polar surface area (TPSA) is 72.4 Å². The monoisotopic (exact) mass is 547 g/mol. The smallest absolute Gasteiger partial charge is 0.416 e. The number of nitrogens with zero attached hydrogens (tertiary/aromatic N) is 1. The van der Waals surface area contributed by atoms with Gasteiger partial charge in [0, 0.05) is 15.3 Å². The molecule has 0 aliphatic rings. The van der Waals surface area contributed by atoms with Gasteiger partial charge in [-0.15, -0.1) is 0 Å². The second-order valence-electron chi connectivity index (χ2n) is 8.07. The quantitative estimate of drug-likeness (QED) is 0.197. The summed E-state index contributed by atoms with van der Waals surface area (Å²) in [5.41, 5.74) is -1.81. The van der Waals surface area contributed by atoms with E-state index in [0.29, 0.717) is 33.3 Å². The molecule has 3 aromatic carbocycles. The second-order valence-corrected chi connectivity index (χ2v) is 9.60. The van der Waals surface area contributed by atoms with Gasteiger partial charge in [0.25, 0.3) is 5.56 Å². The first kappa shape index (κ1) is 24.9. The molecule has 0 fully saturated rings. The number of hydrogen-bond acceptors (Lipinski definition) is 5. The molecular formula is C26H14ClF4NO4S. The molecule has 0 aliphatic carbocycles. The highest BCUT2D eigenvalue weighted by Crippen LogP contribution is 2.38. The van der Waals surface area contributed by atoms with Crippen molar-refractivity contribution in [1.82, 2.24) is 4.57 Å². The van der Waals surface area contributed by atoms with Gasteiger partial charge in [0.15, 0.2) is 11.3 Å². The Balaban J connectivity index is 1.71. The fourth-order valence-electron chi connectivity index (χ4n) is 3.91. The van der Waals surface area contributed by atoms with Crippen molar-refractivity contribution in [2.24, 2.45) is 0 Å². The predicted octanol–water partition coefficient (Wildman–Crippen LogP) is 6.82. The van der Waals surface area contributed by atoms with Gasteiger partial charge in [-0.2, -0.15) is 13.2 Å². The molecule has 1 N–H and O–H groups in total. The molecule has 0 radical (unpaired) electrons. The Hall–Kier alpha value is -3.76. The van der Waals surface area contributed by atoms with Crippen molar-refractivity contribution in [2.45, 2.75) is 22.5 Å². The summed E-state index contributed by atoms with van der Waals surface area (Å²) >= 11 is 6.82. The molecule has 37 heavy (non-hydrogen) atoms. The summed E-state index contributed by atoms with van der Waals surface area (Å²) in [7, 11) is 0. The van der Waals surface area contributed by atoms with Crippen molar-refractivity contribution in [3.05, 3.63) is 109 Å². The van der Waals surface area contributed by atoms with Crippen molar-refractivity contribution in [2.75, 3.05) is 0 Å². The predicted molar refractivity (Wildman–Crippen MR) is 132 cm³/mol. The van der Waals surface area contributed by atoms with Crippen LogP contribution in [0.1, 0.15) is 11.1 Å². The van der Waals surface area contributed by atoms with E-state index in [9.17, 15) is 32.3 Å². The molecule has 0 saturated heterocycles. The lowest BCUT2D eigenvalue weighted by Crippen LogP contribution is -2.23. The molecule has 0 bridgehead atoms. The SMILES string of the molecule is O=c1oc2c(c(O)c1Sc1ccc(C(F)(F)F)cc1)c(=O)n(Cc1ccc(F)cc1)c1cc(Cl)ccc21. The van der Waals surface area contributed by atoms with E-state index in [-0.39, 0.29) is 27.3 Å². The van der Waals surface area contributed by atoms with E-state index < -0.39 is 34.5 Å². The standard InChI is InChI=1S/C26H14ClF4NO4S/c27-15-5-10-18-19(11-15)32(12-13-1-6-16(28)7-2-13)24(34)20-21(33)23(25(35)36-22(18)20)37-17-8-3-14(4-9-17)26(29,30)31/h1-11,33H,12H2. The van der Waals surface area contributed by atoms with Gasteiger partial charge in [-0.3, -0.25) is 4.79 Å². The van der Waals surface area contributed by atoms with Crippen LogP contribution in [0, 0.1) is 5.82 Å². The third-order valence-electron chi connectivity index (χ3n) is 5.67. The summed E-state index contributed by atoms with van der Waals surface area (Å²) in [5.74, 6) is -1.11. The van der Waals surface area contributed by atoms with Crippen LogP contribution < -0.4 is 11.2 Å². The molecule has 5 aromatic rings. The van der Waals surface area contributed by atoms with Crippen molar-refractivity contribution in [3.63, 3.8) is 0 Å². The molecule has 188 valence electrons. The van der Waals surface area contributed by atoms with Gasteiger partial charge >= 0.3 is 11.8 Å². The van der Waals surface area contributed by atoms with E-state index in [1.807, 2.05) is 0 Å². The zero-order valence-corrected chi connectivity index (χ0v) is 20.0. The van der Waals surface area contributed by atoms with Crippen LogP contribution in [-0.2, 0) is 12.7 Å². The van der Waals surface area contributed by atoms with Gasteiger partial charge in [-0.1, -0.05) is 35.5 Å². The lowest BCUT2D eigenvalue weighted by Gasteiger charge is -2.14. The third-order valence-corrected chi connectivity index (χ3v) is 6.98. The Kier molecular flexibility index (Phi) is 6.25. The minimum absolute atomic E-state index is 0.00809. The lowest BCUT2D eigenvalue weighted by atomic mass is 10.1. The number of benzene rings is 3. The molecule has 0 spiro atoms. The lowest BCUT2D eigenvalue weighted by molar-refractivity contribution is -0.137. The Morgan fingerprint density at radius 1 is 0.973 bits per heavy atom. The maximum absolute atomic E-state index is 13.6. The number of fused-ring (bicyclic) bond motifs is 3. The van der Waals surface area contributed by atoms with Crippen LogP contribution in [0.25, 0.3) is 21.9 Å². The number of pyridine rings is 1. The van der Waals surface area contributed by atoms with Gasteiger partial charge in [0.2, 0.25) is 0 Å². The molecule has 0 unspecified atom stereocenters. The Morgan fingerprint density at radius 3 is 2.30 bits per heavy atom. The number of halogens is 5. The summed E-state index contributed by atoms with van der Waals surface area (Å²) in [6, 6.07) is 14.0. The summed E-state index contributed by atoms with van der Waals surface area (Å²) in [5, 5.41) is 11.4. The average molecular weight is 548 g/mol. The van der Waals surface area contributed by atoms with Crippen molar-refractivity contribution >= 4 is 45.2 Å². The molecule has 2 heterocycles. The maximum Gasteiger partial charge on any atom is 0.416 e. The minimum atomic E-state index is -4.53. The fourth-order valence-corrected chi connectivity index (χ4v) is 4.91. The highest BCUT2D eigenvalue weighted by Gasteiger charge is 2.30. The number of aromatic hydroxyl groups is 1. The van der Waals surface area contributed by atoms with E-state index in [1.165, 1.54) is 47.0 Å². The molecule has 2 aromatic heterocycles. The van der Waals surface area contributed by atoms with Crippen LogP contribution in [0.2, 0.25) is 5.02 Å². The highest BCUT2D eigenvalue weighted by atomic mass is 35.5. The largest absolute Gasteiger partial charge is 0.505 e. The van der Waals surface area contributed by atoms with Crippen LogP contribution in [-0.4, -0.2) is 9.67 Å². The van der Waals surface area contributed by atoms with E-state index in [1.54, 1.807) is 0 Å². The number of hydrogen-bond donors (Lipinski definition) is 1. The van der Waals surface area contributed by atoms with Gasteiger partial charge in [0.1, 0.15) is 16.1 Å². The van der Waals surface area contributed by atoms with Gasteiger partial charge < -0.3 is 14.1 Å². The van der Waals surface area contributed by atoms with Gasteiger partial charge in [-0.25, -0.2) is 9.18 Å². The normalized spacial score (nSPS) is 11.9. The van der Waals surface area contributed by atoms with Crippen LogP contribution in [0.3, 0.4) is 0 Å². The van der Waals surface area contributed by atoms with E-state index in [4.69, 9.17) is 16.0 Å². The Bertz CT molecular complexity index is 1780. The van der Waals surface area contributed by atoms with Crippen molar-refractivity contribution in [1.29, 1.82) is 0 Å². The van der Waals surface area contributed by atoms with Gasteiger partial charge in [-0.05, 0) is 60.2 Å². The molecule has 0 saturated carbocycles. The highest BCUT2D eigenvalue weighted by molar-refractivity contribution is 7.99. The Morgan fingerprint density at radius 2 is 1.65 bits per heavy atom. The van der Waals surface area contributed by atoms with Gasteiger partial charge in [0.05, 0.1) is 17.6 Å². The summed E-state index contributed by atoms with van der Waals surface area (Å²) in [6.07, 6.45) is -4.53. The van der Waals surface area contributed by atoms with Crippen LogP contribution >= 0.6 is 23.4 Å². The first-order valence-electron chi connectivity index (χ1n) is 10.6. The van der Waals surface area contributed by atoms with Crippen LogP contribution in [0.4, 0.5) is 17.6 Å². The van der Waals surface area contributed by atoms with Crippen LogP contribution in [0.15, 0.2) is 90.5 Å². The molecule has 11 heteroatoms. The molecule has 0 atom stereocenters. The summed E-state index contributed by atoms with van der Waals surface area (Å²) in [4.78, 5) is 26.3. The van der Waals surface area contributed by atoms with Crippen molar-refractivity contribution < 1.29 is 27.1 Å². The Labute approximate surface area is 214 Å².